The van der Waals surface area contributed by atoms with Crippen LogP contribution in [0.5, 0.6) is 0 Å². The molecule has 5 nitrogen and oxygen atoms in total. The minimum Gasteiger partial charge on any atom is -0.396 e. The Morgan fingerprint density at radius 2 is 1.73 bits per heavy atom. The van der Waals surface area contributed by atoms with Gasteiger partial charge in [-0.3, -0.25) is 9.80 Å². The van der Waals surface area contributed by atoms with Crippen molar-refractivity contribution >= 4 is 0 Å². The number of rotatable bonds is 7. The van der Waals surface area contributed by atoms with Gasteiger partial charge in [0.05, 0.1) is 6.61 Å². The fourth-order valence-electron chi connectivity index (χ4n) is 4.87. The van der Waals surface area contributed by atoms with Gasteiger partial charge in [0.25, 0.3) is 0 Å². The molecule has 1 unspecified atom stereocenters. The Morgan fingerprint density at radius 3 is 2.37 bits per heavy atom. The highest BCUT2D eigenvalue weighted by Gasteiger charge is 2.33. The van der Waals surface area contributed by atoms with E-state index in [2.05, 4.69) is 64.7 Å². The molecular weight excluding hydrogens is 374 g/mol. The Kier molecular flexibility index (Phi) is 9.17. The second kappa shape index (κ2) is 11.8. The maximum Gasteiger partial charge on any atom is 0.0540 e. The minimum atomic E-state index is 0.114. The molecule has 1 aromatic carbocycles. The molecule has 3 rings (SSSR count). The summed E-state index contributed by atoms with van der Waals surface area (Å²) in [6.07, 6.45) is 3.88. The molecule has 2 aliphatic rings. The first-order chi connectivity index (χ1) is 14.6. The van der Waals surface area contributed by atoms with Crippen molar-refractivity contribution in [1.82, 2.24) is 14.7 Å². The van der Waals surface area contributed by atoms with Gasteiger partial charge in [-0.1, -0.05) is 24.0 Å². The van der Waals surface area contributed by atoms with Gasteiger partial charge in [-0.25, -0.2) is 0 Å². The normalized spacial score (nSPS) is 22.2. The fraction of sp³-hybridized carbons (Fsp3) is 0.680. The summed E-state index contributed by atoms with van der Waals surface area (Å²) in [5.41, 5.74) is 2.31. The molecule has 0 aliphatic carbocycles. The zero-order chi connectivity index (χ0) is 21.3. The first kappa shape index (κ1) is 23.2. The first-order valence-corrected chi connectivity index (χ1v) is 11.6. The van der Waals surface area contributed by atoms with Crippen molar-refractivity contribution in [2.45, 2.75) is 64.2 Å². The van der Waals surface area contributed by atoms with E-state index in [4.69, 9.17) is 5.11 Å². The highest BCUT2D eigenvalue weighted by Crippen LogP contribution is 2.25. The lowest BCUT2D eigenvalue weighted by Crippen LogP contribution is -2.58. The molecule has 166 valence electrons. The summed E-state index contributed by atoms with van der Waals surface area (Å²) in [7, 11) is 0. The molecular formula is C25H39N3O2. The van der Waals surface area contributed by atoms with Crippen LogP contribution in [0, 0.1) is 11.8 Å². The smallest absolute Gasteiger partial charge is 0.0540 e. The van der Waals surface area contributed by atoms with Gasteiger partial charge < -0.3 is 15.1 Å². The van der Waals surface area contributed by atoms with Crippen LogP contribution in [0.25, 0.3) is 0 Å². The second-order valence-corrected chi connectivity index (χ2v) is 8.97. The van der Waals surface area contributed by atoms with Gasteiger partial charge in [-0.2, -0.15) is 0 Å². The molecule has 2 saturated heterocycles. The Labute approximate surface area is 182 Å². The molecule has 2 fully saturated rings. The highest BCUT2D eigenvalue weighted by molar-refractivity contribution is 5.36. The molecule has 0 spiro atoms. The van der Waals surface area contributed by atoms with Crippen LogP contribution in [0.3, 0.4) is 0 Å². The van der Waals surface area contributed by atoms with Crippen LogP contribution in [0.4, 0.5) is 0 Å². The summed E-state index contributed by atoms with van der Waals surface area (Å²) in [4.78, 5) is 7.82. The number of benzene rings is 1. The standard InChI is InChI=1S/C25H39N3O2/c1-21(2)27-13-10-24(11-14-27)28-16-15-26(20-25(28)12-18-30)19-23-8-6-22(7-9-23)5-3-4-17-29/h6-9,21,24-25,29-30H,4,10-20H2,1-2H3. The average Bonchev–Trinajstić information content (AvgIpc) is 2.76. The van der Waals surface area contributed by atoms with Gasteiger partial charge in [0, 0.05) is 62.9 Å². The topological polar surface area (TPSA) is 50.2 Å². The van der Waals surface area contributed by atoms with E-state index in [9.17, 15) is 5.11 Å². The van der Waals surface area contributed by atoms with Gasteiger partial charge in [-0.05, 0) is 63.9 Å². The molecule has 1 aromatic rings. The number of likely N-dealkylation sites (tertiary alicyclic amines) is 1. The molecule has 0 bridgehead atoms. The third-order valence-corrected chi connectivity index (χ3v) is 6.60. The van der Waals surface area contributed by atoms with E-state index in [1.165, 1.54) is 31.5 Å². The van der Waals surface area contributed by atoms with Gasteiger partial charge in [0.1, 0.15) is 0 Å². The minimum absolute atomic E-state index is 0.114. The zero-order valence-corrected chi connectivity index (χ0v) is 18.8. The lowest BCUT2D eigenvalue weighted by Gasteiger charge is -2.48. The number of nitrogens with zero attached hydrogens (tertiary/aromatic N) is 3. The van der Waals surface area contributed by atoms with E-state index in [1.54, 1.807) is 0 Å². The van der Waals surface area contributed by atoms with Crippen molar-refractivity contribution in [3.63, 3.8) is 0 Å². The molecule has 0 aromatic heterocycles. The van der Waals surface area contributed by atoms with Crippen molar-refractivity contribution in [2.75, 3.05) is 45.9 Å². The summed E-state index contributed by atoms with van der Waals surface area (Å²) in [5.74, 6) is 6.07. The second-order valence-electron chi connectivity index (χ2n) is 8.97. The van der Waals surface area contributed by atoms with Crippen molar-refractivity contribution < 1.29 is 10.2 Å². The number of hydrogen-bond donors (Lipinski definition) is 2. The van der Waals surface area contributed by atoms with Crippen LogP contribution in [0.1, 0.15) is 50.7 Å². The number of aliphatic hydroxyl groups excluding tert-OH is 2. The van der Waals surface area contributed by atoms with E-state index in [0.717, 1.165) is 38.2 Å². The van der Waals surface area contributed by atoms with Crippen molar-refractivity contribution in [3.8, 4) is 11.8 Å². The predicted molar refractivity (Wildman–Crippen MR) is 122 cm³/mol. The lowest BCUT2D eigenvalue weighted by molar-refractivity contribution is -0.0000295. The monoisotopic (exact) mass is 413 g/mol. The summed E-state index contributed by atoms with van der Waals surface area (Å²) < 4.78 is 0. The number of hydrogen-bond acceptors (Lipinski definition) is 5. The zero-order valence-electron chi connectivity index (χ0n) is 18.8. The molecule has 2 heterocycles. The van der Waals surface area contributed by atoms with Crippen LogP contribution in [0.15, 0.2) is 24.3 Å². The summed E-state index contributed by atoms with van der Waals surface area (Å²) in [6, 6.07) is 10.2. The van der Waals surface area contributed by atoms with Crippen molar-refractivity contribution in [3.05, 3.63) is 35.4 Å². The van der Waals surface area contributed by atoms with Crippen LogP contribution in [-0.2, 0) is 6.54 Å². The molecule has 1 atom stereocenters. The Hall–Kier alpha value is -1.42. The van der Waals surface area contributed by atoms with Gasteiger partial charge in [-0.15, -0.1) is 0 Å². The third-order valence-electron chi connectivity index (χ3n) is 6.60. The lowest BCUT2D eigenvalue weighted by atomic mass is 9.97. The number of piperazine rings is 1. The largest absolute Gasteiger partial charge is 0.396 e. The summed E-state index contributed by atoms with van der Waals surface area (Å²) in [5, 5.41) is 18.5. The average molecular weight is 414 g/mol. The van der Waals surface area contributed by atoms with Crippen molar-refractivity contribution in [1.29, 1.82) is 0 Å². The first-order valence-electron chi connectivity index (χ1n) is 11.6. The number of piperidine rings is 1. The van der Waals surface area contributed by atoms with Crippen LogP contribution >= 0.6 is 0 Å². The molecule has 5 heteroatoms. The van der Waals surface area contributed by atoms with E-state index in [-0.39, 0.29) is 13.2 Å². The van der Waals surface area contributed by atoms with E-state index in [1.807, 2.05) is 0 Å². The summed E-state index contributed by atoms with van der Waals surface area (Å²) >= 11 is 0. The maximum absolute atomic E-state index is 9.66. The van der Waals surface area contributed by atoms with Gasteiger partial charge in [0.2, 0.25) is 0 Å². The van der Waals surface area contributed by atoms with E-state index < -0.39 is 0 Å². The SMILES string of the molecule is CC(C)N1CCC(N2CCN(Cc3ccc(C#CCCO)cc3)CC2CCO)CC1. The molecule has 0 amide bonds. The summed E-state index contributed by atoms with van der Waals surface area (Å²) in [6.45, 7) is 11.5. The van der Waals surface area contributed by atoms with Crippen LogP contribution < -0.4 is 0 Å². The van der Waals surface area contributed by atoms with Crippen molar-refractivity contribution in [2.24, 2.45) is 0 Å². The quantitative estimate of drug-likeness (QED) is 0.671. The molecule has 0 radical (unpaired) electrons. The Morgan fingerprint density at radius 1 is 1.00 bits per heavy atom. The molecule has 2 aliphatic heterocycles. The van der Waals surface area contributed by atoms with E-state index in [0.29, 0.717) is 24.5 Å². The van der Waals surface area contributed by atoms with Gasteiger partial charge >= 0.3 is 0 Å². The van der Waals surface area contributed by atoms with E-state index >= 15 is 0 Å². The Balaban J connectivity index is 1.54. The van der Waals surface area contributed by atoms with Gasteiger partial charge in [0.15, 0.2) is 0 Å². The van der Waals surface area contributed by atoms with Crippen LogP contribution in [-0.4, -0.2) is 89.0 Å². The predicted octanol–water partition coefficient (Wildman–Crippen LogP) is 2.16. The molecule has 0 saturated carbocycles. The third kappa shape index (κ3) is 6.54. The molecule has 30 heavy (non-hydrogen) atoms. The Bertz CT molecular complexity index is 687. The highest BCUT2D eigenvalue weighted by atomic mass is 16.3. The fourth-order valence-corrected chi connectivity index (χ4v) is 4.87. The molecule has 2 N–H and O–H groups in total. The maximum atomic E-state index is 9.66. The van der Waals surface area contributed by atoms with Crippen LogP contribution in [0.2, 0.25) is 0 Å². The number of aliphatic hydroxyl groups is 2.